The molecule has 0 bridgehead atoms. The van der Waals surface area contributed by atoms with Crippen LogP contribution in [0, 0.1) is 5.92 Å². The van der Waals surface area contributed by atoms with Gasteiger partial charge in [0.25, 0.3) is 0 Å². The highest BCUT2D eigenvalue weighted by Crippen LogP contribution is 2.32. The minimum Gasteiger partial charge on any atom is -0.478 e. The van der Waals surface area contributed by atoms with Gasteiger partial charge >= 0.3 is 17.9 Å². The number of allylic oxidation sites excluding steroid dienone is 1. The fourth-order valence-electron chi connectivity index (χ4n) is 3.00. The van der Waals surface area contributed by atoms with E-state index in [9.17, 15) is 14.4 Å². The van der Waals surface area contributed by atoms with Crippen LogP contribution in [0.15, 0.2) is 36.0 Å². The lowest BCUT2D eigenvalue weighted by molar-refractivity contribution is -0.139. The average Bonchev–Trinajstić information content (AvgIpc) is 3.60. The predicted molar refractivity (Wildman–Crippen MR) is 132 cm³/mol. The molecule has 0 aromatic rings. The number of carboxylic acids is 1. The summed E-state index contributed by atoms with van der Waals surface area (Å²) in [6.07, 6.45) is 16.7. The summed E-state index contributed by atoms with van der Waals surface area (Å²) in [4.78, 5) is 33.0. The van der Waals surface area contributed by atoms with Gasteiger partial charge < -0.3 is 14.6 Å². The van der Waals surface area contributed by atoms with Crippen LogP contribution in [-0.4, -0.2) is 36.2 Å². The fourth-order valence-corrected chi connectivity index (χ4v) is 3.00. The first kappa shape index (κ1) is 30.6. The number of aliphatic carboxylic acids is 1. The third-order valence-corrected chi connectivity index (χ3v) is 5.06. The van der Waals surface area contributed by atoms with E-state index < -0.39 is 5.97 Å². The second kappa shape index (κ2) is 20.3. The van der Waals surface area contributed by atoms with Gasteiger partial charge in [-0.05, 0) is 37.7 Å². The number of unbranched alkanes of at least 4 members (excludes halogenated alkanes) is 7. The van der Waals surface area contributed by atoms with Gasteiger partial charge in [-0.1, -0.05) is 84.3 Å². The zero-order chi connectivity index (χ0) is 24.9. The maximum absolute atomic E-state index is 11.8. The Hall–Kier alpha value is -2.37. The van der Waals surface area contributed by atoms with E-state index in [1.807, 2.05) is 0 Å². The molecule has 1 aliphatic rings. The molecule has 1 aliphatic carbocycles. The van der Waals surface area contributed by atoms with Gasteiger partial charge in [-0.25, -0.2) is 14.4 Å². The maximum Gasteiger partial charge on any atom is 0.338 e. The van der Waals surface area contributed by atoms with Crippen molar-refractivity contribution < 1.29 is 29.0 Å². The van der Waals surface area contributed by atoms with Crippen molar-refractivity contribution in [2.24, 2.45) is 5.92 Å². The number of hydrogen-bond acceptors (Lipinski definition) is 5. The molecule has 0 saturated heterocycles. The summed E-state index contributed by atoms with van der Waals surface area (Å²) in [5.41, 5.74) is 1.42. The van der Waals surface area contributed by atoms with E-state index in [0.29, 0.717) is 18.8 Å². The Labute approximate surface area is 200 Å². The summed E-state index contributed by atoms with van der Waals surface area (Å²) in [6, 6.07) is 0. The lowest BCUT2D eigenvalue weighted by Crippen LogP contribution is -2.08. The molecule has 0 radical (unpaired) electrons. The number of carboxylic acid groups (broad SMARTS) is 1. The molecule has 1 rings (SSSR count). The smallest absolute Gasteiger partial charge is 0.338 e. The molecule has 0 heterocycles. The lowest BCUT2D eigenvalue weighted by Gasteiger charge is -2.05. The van der Waals surface area contributed by atoms with Crippen LogP contribution in [0.1, 0.15) is 97.8 Å². The van der Waals surface area contributed by atoms with Crippen LogP contribution in [0.2, 0.25) is 0 Å². The molecule has 1 fully saturated rings. The summed E-state index contributed by atoms with van der Waals surface area (Å²) >= 11 is 0. The third kappa shape index (κ3) is 20.0. The fraction of sp³-hybridized carbons (Fsp3) is 0.667. The second-order valence-corrected chi connectivity index (χ2v) is 8.71. The van der Waals surface area contributed by atoms with Gasteiger partial charge in [0, 0.05) is 12.2 Å². The van der Waals surface area contributed by atoms with Crippen LogP contribution < -0.4 is 0 Å². The Morgan fingerprint density at radius 1 is 0.909 bits per heavy atom. The van der Waals surface area contributed by atoms with Crippen LogP contribution in [0.4, 0.5) is 0 Å². The molecular weight excluding hydrogens is 420 g/mol. The van der Waals surface area contributed by atoms with Crippen molar-refractivity contribution in [1.29, 1.82) is 0 Å². The third-order valence-electron chi connectivity index (χ3n) is 5.06. The van der Waals surface area contributed by atoms with Gasteiger partial charge in [0.05, 0.1) is 18.8 Å². The normalized spacial score (nSPS) is 12.2. The highest BCUT2D eigenvalue weighted by Gasteiger charge is 2.22. The molecule has 1 N–H and O–H groups in total. The molecule has 0 spiro atoms. The second-order valence-electron chi connectivity index (χ2n) is 8.71. The Kier molecular flexibility index (Phi) is 18.8. The minimum absolute atomic E-state index is 0.316. The van der Waals surface area contributed by atoms with Crippen molar-refractivity contribution in [3.63, 3.8) is 0 Å². The Morgan fingerprint density at radius 3 is 2.03 bits per heavy atom. The number of hydrogen-bond donors (Lipinski definition) is 1. The topological polar surface area (TPSA) is 89.9 Å². The van der Waals surface area contributed by atoms with Crippen LogP contribution in [0.5, 0.6) is 0 Å². The van der Waals surface area contributed by atoms with Gasteiger partial charge in [-0.2, -0.15) is 0 Å². The Balaban J connectivity index is 0.000000684. The van der Waals surface area contributed by atoms with Gasteiger partial charge in [-0.3, -0.25) is 0 Å². The van der Waals surface area contributed by atoms with Crippen molar-refractivity contribution in [3.05, 3.63) is 36.0 Å². The summed E-state index contributed by atoms with van der Waals surface area (Å²) < 4.78 is 10.0. The molecule has 6 heteroatoms. The van der Waals surface area contributed by atoms with E-state index in [1.54, 1.807) is 0 Å². The summed E-state index contributed by atoms with van der Waals surface area (Å²) in [7, 11) is 0. The monoisotopic (exact) mass is 464 g/mol. The maximum atomic E-state index is 11.8. The zero-order valence-electron chi connectivity index (χ0n) is 20.9. The Morgan fingerprint density at radius 2 is 1.48 bits per heavy atom. The number of esters is 2. The summed E-state index contributed by atoms with van der Waals surface area (Å²) in [5, 5.41) is 8.60. The summed E-state index contributed by atoms with van der Waals surface area (Å²) in [6.45, 7) is 10.9. The van der Waals surface area contributed by atoms with Crippen LogP contribution in [0.3, 0.4) is 0 Å². The first-order valence-electron chi connectivity index (χ1n) is 12.4. The summed E-state index contributed by atoms with van der Waals surface area (Å²) in [5.74, 6) is -0.976. The van der Waals surface area contributed by atoms with E-state index in [4.69, 9.17) is 14.6 Å². The molecule has 188 valence electrons. The first-order chi connectivity index (χ1) is 15.8. The van der Waals surface area contributed by atoms with Gasteiger partial charge in [0.1, 0.15) is 0 Å². The van der Waals surface area contributed by atoms with Crippen LogP contribution in [-0.2, 0) is 23.9 Å². The molecule has 0 unspecified atom stereocenters. The standard InChI is InChI=1S/C16H24O4.C11H20O2/c1-2-3-4-5-6-7-12-20-16(19)14(13-8-9-13)10-11-15(17)18;1-4-11(12)13-9-7-5-6-8-10(2)3/h10-11H,2-9,12H2,1H3,(H,17,18);4,10H,1,5-9H2,2-3H3. The highest BCUT2D eigenvalue weighted by atomic mass is 16.5. The average molecular weight is 465 g/mol. The molecule has 0 atom stereocenters. The first-order valence-corrected chi connectivity index (χ1v) is 12.4. The van der Waals surface area contributed by atoms with E-state index in [-0.39, 0.29) is 11.9 Å². The van der Waals surface area contributed by atoms with E-state index in [1.165, 1.54) is 50.7 Å². The molecule has 33 heavy (non-hydrogen) atoms. The number of carbonyl (C=O) groups excluding carboxylic acids is 2. The highest BCUT2D eigenvalue weighted by molar-refractivity contribution is 5.95. The molecular formula is C27H44O6. The number of carbonyl (C=O) groups is 3. The number of ether oxygens (including phenoxy) is 2. The molecule has 6 nitrogen and oxygen atoms in total. The van der Waals surface area contributed by atoms with Crippen molar-refractivity contribution in [2.75, 3.05) is 13.2 Å². The zero-order valence-corrected chi connectivity index (χ0v) is 20.9. The van der Waals surface area contributed by atoms with Crippen LogP contribution >= 0.6 is 0 Å². The van der Waals surface area contributed by atoms with E-state index >= 15 is 0 Å². The minimum atomic E-state index is -1.05. The van der Waals surface area contributed by atoms with Gasteiger partial charge in [-0.15, -0.1) is 0 Å². The lowest BCUT2D eigenvalue weighted by atomic mass is 10.1. The molecule has 0 aromatic heterocycles. The SMILES string of the molecule is C=CC(=O)OCCCCCC(C)C.CCCCCCCCOC(=O)C(C=CC(=O)O)=C1CC1. The largest absolute Gasteiger partial charge is 0.478 e. The quantitative estimate of drug-likeness (QED) is 0.149. The van der Waals surface area contributed by atoms with E-state index in [0.717, 1.165) is 56.1 Å². The molecule has 1 saturated carbocycles. The van der Waals surface area contributed by atoms with Crippen LogP contribution in [0.25, 0.3) is 0 Å². The van der Waals surface area contributed by atoms with Crippen molar-refractivity contribution >= 4 is 17.9 Å². The van der Waals surface area contributed by atoms with Gasteiger partial charge in [0.15, 0.2) is 0 Å². The Bertz CT molecular complexity index is 639. The van der Waals surface area contributed by atoms with Crippen molar-refractivity contribution in [3.8, 4) is 0 Å². The molecule has 0 aromatic carbocycles. The van der Waals surface area contributed by atoms with Crippen molar-refractivity contribution in [1.82, 2.24) is 0 Å². The van der Waals surface area contributed by atoms with E-state index in [2.05, 4.69) is 27.4 Å². The predicted octanol–water partition coefficient (Wildman–Crippen LogP) is 6.55. The number of rotatable bonds is 17. The molecule has 0 amide bonds. The van der Waals surface area contributed by atoms with Crippen molar-refractivity contribution in [2.45, 2.75) is 97.8 Å². The van der Waals surface area contributed by atoms with Gasteiger partial charge in [0.2, 0.25) is 0 Å². The molecule has 0 aliphatic heterocycles.